The summed E-state index contributed by atoms with van der Waals surface area (Å²) in [7, 11) is 1.73. The minimum Gasteiger partial charge on any atom is -0.293 e. The molecule has 0 aromatic carbocycles. The average molecular weight is 226 g/mol. The molecule has 0 bridgehead atoms. The zero-order chi connectivity index (χ0) is 11.8. The van der Waals surface area contributed by atoms with Crippen LogP contribution in [0.15, 0.2) is 47.7 Å². The lowest BCUT2D eigenvalue weighted by Gasteiger charge is -2.00. The third-order valence-corrected chi connectivity index (χ3v) is 2.74. The van der Waals surface area contributed by atoms with Crippen molar-refractivity contribution in [1.82, 2.24) is 19.1 Å². The first kappa shape index (κ1) is 9.77. The van der Waals surface area contributed by atoms with Crippen LogP contribution >= 0.6 is 0 Å². The topological polar surface area (TPSA) is 52.7 Å². The molecule has 0 saturated carbocycles. The van der Waals surface area contributed by atoms with Crippen molar-refractivity contribution in [3.05, 3.63) is 53.3 Å². The normalized spacial score (nSPS) is 10.9. The molecule has 5 nitrogen and oxygen atoms in total. The van der Waals surface area contributed by atoms with Crippen LogP contribution in [0.4, 0.5) is 0 Å². The largest absolute Gasteiger partial charge is 0.334 e. The lowest BCUT2D eigenvalue weighted by atomic mass is 10.4. The van der Waals surface area contributed by atoms with E-state index < -0.39 is 0 Å². The van der Waals surface area contributed by atoms with Gasteiger partial charge < -0.3 is 0 Å². The number of aryl methyl sites for hydroxylation is 1. The van der Waals surface area contributed by atoms with Crippen molar-refractivity contribution >= 4 is 11.0 Å². The summed E-state index contributed by atoms with van der Waals surface area (Å²) in [6.45, 7) is 0. The summed E-state index contributed by atoms with van der Waals surface area (Å²) in [4.78, 5) is 20.4. The summed E-state index contributed by atoms with van der Waals surface area (Å²) in [6, 6.07) is 7.29. The summed E-state index contributed by atoms with van der Waals surface area (Å²) in [5.74, 6) is 0.620. The Morgan fingerprint density at radius 1 is 1.12 bits per heavy atom. The summed E-state index contributed by atoms with van der Waals surface area (Å²) < 4.78 is 3.15. The molecule has 3 aromatic heterocycles. The Balaban J connectivity index is 2.45. The van der Waals surface area contributed by atoms with Gasteiger partial charge in [-0.3, -0.25) is 9.55 Å². The molecule has 17 heavy (non-hydrogen) atoms. The fourth-order valence-electron chi connectivity index (χ4n) is 1.89. The lowest BCUT2D eigenvalue weighted by molar-refractivity contribution is 0.834. The number of nitrogens with zero attached hydrogens (tertiary/aromatic N) is 4. The standard InChI is InChI=1S/C12H10N4O/c1-15-10-8-13-7-5-9(10)16(12(15)17)11-4-2-3-6-14-11/h2-8H,1H3. The van der Waals surface area contributed by atoms with Crippen LogP contribution in [0.3, 0.4) is 0 Å². The predicted molar refractivity (Wildman–Crippen MR) is 64.1 cm³/mol. The smallest absolute Gasteiger partial charge is 0.293 e. The van der Waals surface area contributed by atoms with E-state index in [-0.39, 0.29) is 5.69 Å². The molecule has 0 radical (unpaired) electrons. The van der Waals surface area contributed by atoms with E-state index >= 15 is 0 Å². The van der Waals surface area contributed by atoms with Crippen LogP contribution in [0.2, 0.25) is 0 Å². The second-order valence-electron chi connectivity index (χ2n) is 3.73. The third kappa shape index (κ3) is 1.36. The van der Waals surface area contributed by atoms with Crippen LogP contribution in [0.1, 0.15) is 0 Å². The molecule has 0 N–H and O–H groups in total. The molecule has 0 aliphatic heterocycles. The zero-order valence-electron chi connectivity index (χ0n) is 9.24. The quantitative estimate of drug-likeness (QED) is 0.624. The Labute approximate surface area is 97.0 Å². The molecule has 0 unspecified atom stereocenters. The Bertz CT molecular complexity index is 727. The van der Waals surface area contributed by atoms with Gasteiger partial charge in [-0.15, -0.1) is 0 Å². The van der Waals surface area contributed by atoms with E-state index in [4.69, 9.17) is 0 Å². The monoisotopic (exact) mass is 226 g/mol. The Hall–Kier alpha value is -2.43. The van der Waals surface area contributed by atoms with E-state index in [1.54, 1.807) is 40.8 Å². The highest BCUT2D eigenvalue weighted by Gasteiger charge is 2.11. The molecule has 3 aromatic rings. The predicted octanol–water partition coefficient (Wildman–Crippen LogP) is 1.12. The van der Waals surface area contributed by atoms with Crippen LogP contribution in [-0.2, 0) is 7.05 Å². The van der Waals surface area contributed by atoms with Gasteiger partial charge in [0, 0.05) is 19.4 Å². The fourth-order valence-corrected chi connectivity index (χ4v) is 1.89. The molecule has 84 valence electrons. The van der Waals surface area contributed by atoms with Gasteiger partial charge in [0.1, 0.15) is 5.82 Å². The van der Waals surface area contributed by atoms with Crippen LogP contribution in [0.5, 0.6) is 0 Å². The van der Waals surface area contributed by atoms with Gasteiger partial charge in [0.15, 0.2) is 0 Å². The number of hydrogen-bond donors (Lipinski definition) is 0. The van der Waals surface area contributed by atoms with E-state index in [1.165, 1.54) is 0 Å². The molecular weight excluding hydrogens is 216 g/mol. The molecular formula is C12H10N4O. The van der Waals surface area contributed by atoms with E-state index in [0.717, 1.165) is 11.0 Å². The van der Waals surface area contributed by atoms with E-state index in [2.05, 4.69) is 9.97 Å². The van der Waals surface area contributed by atoms with Gasteiger partial charge in [0.05, 0.1) is 17.2 Å². The number of fused-ring (bicyclic) bond motifs is 1. The maximum absolute atomic E-state index is 12.1. The van der Waals surface area contributed by atoms with Gasteiger partial charge in [0.2, 0.25) is 0 Å². The van der Waals surface area contributed by atoms with E-state index in [0.29, 0.717) is 5.82 Å². The molecule has 0 saturated heterocycles. The summed E-state index contributed by atoms with van der Waals surface area (Å²) >= 11 is 0. The number of rotatable bonds is 1. The van der Waals surface area contributed by atoms with Gasteiger partial charge in [-0.25, -0.2) is 14.3 Å². The number of imidazole rings is 1. The number of pyridine rings is 2. The first-order valence-electron chi connectivity index (χ1n) is 5.22. The first-order valence-corrected chi connectivity index (χ1v) is 5.22. The van der Waals surface area contributed by atoms with Gasteiger partial charge in [-0.05, 0) is 18.2 Å². The highest BCUT2D eigenvalue weighted by atomic mass is 16.1. The Kier molecular flexibility index (Phi) is 2.04. The maximum atomic E-state index is 12.1. The molecule has 3 heterocycles. The summed E-state index contributed by atoms with van der Waals surface area (Å²) in [5, 5.41) is 0. The second kappa shape index (κ2) is 3.55. The average Bonchev–Trinajstić information content (AvgIpc) is 2.64. The second-order valence-corrected chi connectivity index (χ2v) is 3.73. The van der Waals surface area contributed by atoms with Crippen molar-refractivity contribution in [1.29, 1.82) is 0 Å². The van der Waals surface area contributed by atoms with Crippen molar-refractivity contribution in [2.75, 3.05) is 0 Å². The summed E-state index contributed by atoms with van der Waals surface area (Å²) in [6.07, 6.45) is 5.01. The van der Waals surface area contributed by atoms with Crippen molar-refractivity contribution < 1.29 is 0 Å². The molecule has 5 heteroatoms. The fraction of sp³-hybridized carbons (Fsp3) is 0.0833. The van der Waals surface area contributed by atoms with Crippen LogP contribution in [0, 0.1) is 0 Å². The zero-order valence-corrected chi connectivity index (χ0v) is 9.24. The molecule has 0 spiro atoms. The van der Waals surface area contributed by atoms with Gasteiger partial charge in [-0.1, -0.05) is 6.07 Å². The SMILES string of the molecule is Cn1c(=O)n(-c2ccccn2)c2ccncc21. The maximum Gasteiger partial charge on any atom is 0.334 e. The van der Waals surface area contributed by atoms with Gasteiger partial charge in [-0.2, -0.15) is 0 Å². The third-order valence-electron chi connectivity index (χ3n) is 2.74. The van der Waals surface area contributed by atoms with Crippen LogP contribution < -0.4 is 5.69 Å². The highest BCUT2D eigenvalue weighted by molar-refractivity contribution is 5.76. The minimum atomic E-state index is -0.119. The van der Waals surface area contributed by atoms with Crippen molar-refractivity contribution in [3.63, 3.8) is 0 Å². The number of aromatic nitrogens is 4. The van der Waals surface area contributed by atoms with Gasteiger partial charge in [0.25, 0.3) is 0 Å². The van der Waals surface area contributed by atoms with Crippen LogP contribution in [0.25, 0.3) is 16.9 Å². The van der Waals surface area contributed by atoms with Crippen molar-refractivity contribution in [2.45, 2.75) is 0 Å². The highest BCUT2D eigenvalue weighted by Crippen LogP contribution is 2.13. The number of hydrogen-bond acceptors (Lipinski definition) is 3. The van der Waals surface area contributed by atoms with Crippen molar-refractivity contribution in [3.8, 4) is 5.82 Å². The molecule has 0 aliphatic rings. The minimum absolute atomic E-state index is 0.119. The molecule has 3 rings (SSSR count). The van der Waals surface area contributed by atoms with E-state index in [9.17, 15) is 4.79 Å². The summed E-state index contributed by atoms with van der Waals surface area (Å²) in [5.41, 5.74) is 1.49. The Morgan fingerprint density at radius 2 is 2.00 bits per heavy atom. The molecule has 0 amide bonds. The van der Waals surface area contributed by atoms with Gasteiger partial charge >= 0.3 is 5.69 Å². The van der Waals surface area contributed by atoms with Crippen LogP contribution in [-0.4, -0.2) is 19.1 Å². The lowest BCUT2D eigenvalue weighted by Crippen LogP contribution is -2.21. The molecule has 0 fully saturated rings. The van der Waals surface area contributed by atoms with E-state index in [1.807, 2.05) is 18.2 Å². The first-order chi connectivity index (χ1) is 8.29. The van der Waals surface area contributed by atoms with Crippen molar-refractivity contribution in [2.24, 2.45) is 7.05 Å². The molecule has 0 atom stereocenters. The molecule has 0 aliphatic carbocycles. The Morgan fingerprint density at radius 3 is 2.76 bits per heavy atom.